The molecule has 186 valence electrons. The van der Waals surface area contributed by atoms with E-state index < -0.39 is 10.0 Å². The van der Waals surface area contributed by atoms with Gasteiger partial charge in [0, 0.05) is 31.6 Å². The van der Waals surface area contributed by atoms with E-state index in [0.29, 0.717) is 31.1 Å². The third-order valence-corrected chi connectivity index (χ3v) is 8.82. The number of hydrogen-bond acceptors (Lipinski definition) is 5. The van der Waals surface area contributed by atoms with Crippen LogP contribution in [0.25, 0.3) is 0 Å². The summed E-state index contributed by atoms with van der Waals surface area (Å²) >= 11 is 0. The lowest BCUT2D eigenvalue weighted by atomic mass is 9.81. The Kier molecular flexibility index (Phi) is 6.55. The summed E-state index contributed by atoms with van der Waals surface area (Å²) in [7, 11) is -3.74. The third kappa shape index (κ3) is 4.79. The molecule has 2 aromatic carbocycles. The fourth-order valence-electron chi connectivity index (χ4n) is 5.40. The molecule has 8 nitrogen and oxygen atoms in total. The van der Waals surface area contributed by atoms with Crippen molar-refractivity contribution in [2.75, 3.05) is 36.0 Å². The van der Waals surface area contributed by atoms with Crippen LogP contribution < -0.4 is 19.3 Å². The van der Waals surface area contributed by atoms with E-state index in [1.807, 2.05) is 23.1 Å². The lowest BCUT2D eigenvalue weighted by Gasteiger charge is -2.31. The Labute approximate surface area is 206 Å². The fraction of sp³-hybridized carbons (Fsp3) is 0.462. The van der Waals surface area contributed by atoms with Crippen LogP contribution in [-0.2, 0) is 26.0 Å². The molecule has 0 unspecified atom stereocenters. The molecule has 5 rings (SSSR count). The number of benzene rings is 2. The monoisotopic (exact) mass is 497 g/mol. The summed E-state index contributed by atoms with van der Waals surface area (Å²) in [6.45, 7) is 3.30. The van der Waals surface area contributed by atoms with Gasteiger partial charge in [-0.05, 0) is 67.9 Å². The van der Waals surface area contributed by atoms with Crippen LogP contribution in [-0.4, -0.2) is 46.5 Å². The molecule has 35 heavy (non-hydrogen) atoms. The smallest absolute Gasteiger partial charge is 0.240 e. The van der Waals surface area contributed by atoms with Gasteiger partial charge in [0.1, 0.15) is 12.4 Å². The van der Waals surface area contributed by atoms with E-state index in [1.165, 1.54) is 29.5 Å². The highest BCUT2D eigenvalue weighted by molar-refractivity contribution is 7.89. The van der Waals surface area contributed by atoms with Crippen LogP contribution in [0.4, 0.5) is 11.4 Å². The zero-order valence-electron chi connectivity index (χ0n) is 19.9. The molecule has 0 saturated heterocycles. The molecule has 2 aromatic rings. The van der Waals surface area contributed by atoms with Crippen molar-refractivity contribution >= 4 is 33.2 Å². The maximum atomic E-state index is 13.1. The second-order valence-corrected chi connectivity index (χ2v) is 11.4. The number of carbonyl (C=O) groups is 2. The number of carbonyl (C=O) groups excluding carboxylic acids is 2. The van der Waals surface area contributed by atoms with Crippen LogP contribution in [0, 0.1) is 11.8 Å². The predicted molar refractivity (Wildman–Crippen MR) is 133 cm³/mol. The highest BCUT2D eigenvalue weighted by Crippen LogP contribution is 2.36. The van der Waals surface area contributed by atoms with E-state index in [4.69, 9.17) is 4.74 Å². The Morgan fingerprint density at radius 2 is 1.77 bits per heavy atom. The van der Waals surface area contributed by atoms with E-state index in [2.05, 4.69) is 10.8 Å². The van der Waals surface area contributed by atoms with Crippen molar-refractivity contribution in [1.29, 1.82) is 0 Å². The normalized spacial score (nSPS) is 21.7. The summed E-state index contributed by atoms with van der Waals surface area (Å²) in [6.07, 6.45) is 4.06. The lowest BCUT2D eigenvalue weighted by Crippen LogP contribution is -2.38. The standard InChI is InChI=1S/C26H31N3O5S/c1-18(30)28-14-15-34-25-11-10-22(16-24(25)28)35(32,33)27-17-19-6-8-21(9-7-19)26(31)29-13-12-20-4-2-3-5-23(20)29/h2-5,10-11,16,19,21,27H,6-9,12-15,17H2,1H3. The number of para-hydroxylation sites is 1. The molecule has 1 N–H and O–H groups in total. The number of nitrogens with zero attached hydrogens (tertiary/aromatic N) is 2. The van der Waals surface area contributed by atoms with Gasteiger partial charge in [-0.1, -0.05) is 18.2 Å². The Balaban J connectivity index is 1.17. The molecule has 0 spiro atoms. The summed E-state index contributed by atoms with van der Waals surface area (Å²) in [4.78, 5) is 28.7. The van der Waals surface area contributed by atoms with Crippen LogP contribution in [0.3, 0.4) is 0 Å². The molecule has 0 radical (unpaired) electrons. The number of sulfonamides is 1. The second kappa shape index (κ2) is 9.62. The predicted octanol–water partition coefficient (Wildman–Crippen LogP) is 3.11. The average Bonchev–Trinajstić information content (AvgIpc) is 3.31. The third-order valence-electron chi connectivity index (χ3n) is 7.40. The summed E-state index contributed by atoms with van der Waals surface area (Å²) < 4.78 is 34.3. The maximum Gasteiger partial charge on any atom is 0.240 e. The van der Waals surface area contributed by atoms with E-state index in [9.17, 15) is 18.0 Å². The van der Waals surface area contributed by atoms with Gasteiger partial charge in [0.25, 0.3) is 0 Å². The number of hydrogen-bond donors (Lipinski definition) is 1. The van der Waals surface area contributed by atoms with Gasteiger partial charge in [-0.25, -0.2) is 13.1 Å². The van der Waals surface area contributed by atoms with Gasteiger partial charge in [0.2, 0.25) is 21.8 Å². The van der Waals surface area contributed by atoms with Gasteiger partial charge in [-0.15, -0.1) is 0 Å². The molecule has 3 aliphatic rings. The van der Waals surface area contributed by atoms with E-state index in [1.54, 1.807) is 6.07 Å². The zero-order chi connectivity index (χ0) is 24.6. The lowest BCUT2D eigenvalue weighted by molar-refractivity contribution is -0.123. The molecular weight excluding hydrogens is 466 g/mol. The fourth-order valence-corrected chi connectivity index (χ4v) is 6.54. The van der Waals surface area contributed by atoms with Crippen molar-refractivity contribution < 1.29 is 22.7 Å². The molecule has 1 aliphatic carbocycles. The van der Waals surface area contributed by atoms with Gasteiger partial charge in [-0.2, -0.15) is 0 Å². The van der Waals surface area contributed by atoms with E-state index in [0.717, 1.165) is 44.3 Å². The summed E-state index contributed by atoms with van der Waals surface area (Å²) in [6, 6.07) is 12.7. The first kappa shape index (κ1) is 23.8. The molecule has 1 saturated carbocycles. The van der Waals surface area contributed by atoms with Crippen LogP contribution >= 0.6 is 0 Å². The minimum absolute atomic E-state index is 0.00720. The minimum atomic E-state index is -3.74. The average molecular weight is 498 g/mol. The largest absolute Gasteiger partial charge is 0.490 e. The Hall–Kier alpha value is -2.91. The SMILES string of the molecule is CC(=O)N1CCOc2ccc(S(=O)(=O)NCC3CCC(C(=O)N4CCc5ccccc54)CC3)cc21. The molecule has 2 heterocycles. The first-order chi connectivity index (χ1) is 16.8. The first-order valence-electron chi connectivity index (χ1n) is 12.3. The molecule has 2 amide bonds. The second-order valence-electron chi connectivity index (χ2n) is 9.59. The number of fused-ring (bicyclic) bond motifs is 2. The molecule has 1 fully saturated rings. The zero-order valence-corrected chi connectivity index (χ0v) is 20.7. The summed E-state index contributed by atoms with van der Waals surface area (Å²) in [5, 5.41) is 0. The van der Waals surface area contributed by atoms with Gasteiger partial charge in [-0.3, -0.25) is 9.59 Å². The van der Waals surface area contributed by atoms with Gasteiger partial charge in [0.15, 0.2) is 0 Å². The maximum absolute atomic E-state index is 13.1. The Morgan fingerprint density at radius 3 is 2.54 bits per heavy atom. The molecule has 9 heteroatoms. The van der Waals surface area contributed by atoms with Gasteiger partial charge in [0.05, 0.1) is 17.1 Å². The van der Waals surface area contributed by atoms with E-state index >= 15 is 0 Å². The van der Waals surface area contributed by atoms with Crippen molar-refractivity contribution in [3.63, 3.8) is 0 Å². The molecular formula is C26H31N3O5S. The molecule has 0 aromatic heterocycles. The van der Waals surface area contributed by atoms with E-state index in [-0.39, 0.29) is 28.5 Å². The first-order valence-corrected chi connectivity index (χ1v) is 13.8. The number of nitrogens with one attached hydrogen (secondary N) is 1. The Morgan fingerprint density at radius 1 is 1.00 bits per heavy atom. The van der Waals surface area contributed by atoms with Crippen molar-refractivity contribution in [2.24, 2.45) is 11.8 Å². The topological polar surface area (TPSA) is 96.0 Å². The van der Waals surface area contributed by atoms with Crippen LogP contribution in [0.2, 0.25) is 0 Å². The Bertz CT molecular complexity index is 1240. The van der Waals surface area contributed by atoms with Crippen LogP contribution in [0.5, 0.6) is 5.75 Å². The number of rotatable bonds is 5. The van der Waals surface area contributed by atoms with Crippen LogP contribution in [0.15, 0.2) is 47.4 Å². The highest BCUT2D eigenvalue weighted by Gasteiger charge is 2.33. The summed E-state index contributed by atoms with van der Waals surface area (Å²) in [5.41, 5.74) is 2.74. The van der Waals surface area contributed by atoms with Gasteiger partial charge >= 0.3 is 0 Å². The highest BCUT2D eigenvalue weighted by atomic mass is 32.2. The summed E-state index contributed by atoms with van der Waals surface area (Å²) in [5.74, 6) is 0.733. The number of ether oxygens (including phenoxy) is 1. The number of anilines is 2. The minimum Gasteiger partial charge on any atom is -0.490 e. The molecule has 0 bridgehead atoms. The van der Waals surface area contributed by atoms with Crippen molar-refractivity contribution in [2.45, 2.75) is 43.9 Å². The number of amides is 2. The van der Waals surface area contributed by atoms with Gasteiger partial charge < -0.3 is 14.5 Å². The van der Waals surface area contributed by atoms with Crippen LogP contribution in [0.1, 0.15) is 38.2 Å². The van der Waals surface area contributed by atoms with Crippen molar-refractivity contribution in [1.82, 2.24) is 4.72 Å². The quantitative estimate of drug-likeness (QED) is 0.685. The van der Waals surface area contributed by atoms with Crippen molar-refractivity contribution in [3.05, 3.63) is 48.0 Å². The van der Waals surface area contributed by atoms with Crippen molar-refractivity contribution in [3.8, 4) is 5.75 Å². The molecule has 2 aliphatic heterocycles. The molecule has 0 atom stereocenters.